The first-order valence-electron chi connectivity index (χ1n) is 1.80. The van der Waals surface area contributed by atoms with Crippen molar-refractivity contribution < 1.29 is 14.6 Å². The first-order valence-corrected chi connectivity index (χ1v) is 1.80. The zero-order chi connectivity index (χ0) is 5.44. The number of hydrogen-bond acceptors (Lipinski definition) is 2. The van der Waals surface area contributed by atoms with Crippen molar-refractivity contribution in [1.29, 1.82) is 0 Å². The fourth-order valence-electron chi connectivity index (χ4n) is 0.305. The van der Waals surface area contributed by atoms with Crippen LogP contribution in [0.25, 0.3) is 0 Å². The molecule has 1 saturated heterocycles. The van der Waals surface area contributed by atoms with E-state index in [1.165, 1.54) is 0 Å². The van der Waals surface area contributed by atoms with Crippen molar-refractivity contribution in [3.8, 4) is 0 Å². The normalized spacial score (nSPS) is 26.3. The molecule has 1 atom stereocenters. The van der Waals surface area contributed by atoms with Gasteiger partial charge in [0.25, 0.3) is 6.10 Å². The molecule has 0 aliphatic carbocycles. The molecule has 1 fully saturated rings. The summed E-state index contributed by atoms with van der Waals surface area (Å²) < 4.78 is 4.38. The number of carbonyl (C=O) groups is 1. The van der Waals surface area contributed by atoms with Gasteiger partial charge >= 0.3 is 5.97 Å². The van der Waals surface area contributed by atoms with Crippen molar-refractivity contribution in [2.45, 2.75) is 6.10 Å². The third kappa shape index (κ3) is 0.559. The predicted octanol–water partition coefficient (Wildman–Crippen LogP) is -0.0165. The maximum Gasteiger partial charge on any atom is 0.352 e. The smallest absolute Gasteiger partial charge is 0.352 e. The minimum atomic E-state index is -0.954. The summed E-state index contributed by atoms with van der Waals surface area (Å²) in [5.74, 6) is -0.600. The molecule has 1 rings (SSSR count). The summed E-state index contributed by atoms with van der Waals surface area (Å²) in [6.07, 6.45) is -0.708. The van der Waals surface area contributed by atoms with Crippen LogP contribution in [0.1, 0.15) is 0 Å². The van der Waals surface area contributed by atoms with Gasteiger partial charge in [0.2, 0.25) is 0 Å². The zero-order valence-corrected chi connectivity index (χ0v) is 3.55. The molecule has 0 aromatic heterocycles. The quantitative estimate of drug-likeness (QED) is 0.471. The summed E-state index contributed by atoms with van der Waals surface area (Å²) in [5, 5.41) is 8.04. The summed E-state index contributed by atoms with van der Waals surface area (Å²) in [4.78, 5) is 9.79. The van der Waals surface area contributed by atoms with E-state index in [0.717, 1.165) is 0 Å². The highest BCUT2D eigenvalue weighted by atomic mass is 16.6. The zero-order valence-electron chi connectivity index (χ0n) is 3.55. The molecule has 1 N–H and O–H groups in total. The Morgan fingerprint density at radius 3 is 2.43 bits per heavy atom. The molecule has 1 unspecified atom stereocenters. The molecule has 0 radical (unpaired) electrons. The van der Waals surface area contributed by atoms with Gasteiger partial charge in [-0.1, -0.05) is 6.58 Å². The average molecular weight is 100 g/mol. The topological polar surface area (TPSA) is 49.8 Å². The first kappa shape index (κ1) is 4.18. The number of rotatable bonds is 1. The van der Waals surface area contributed by atoms with Crippen LogP contribution in [0.4, 0.5) is 0 Å². The molecule has 7 heavy (non-hydrogen) atoms. The third-order valence-corrected chi connectivity index (χ3v) is 0.729. The van der Waals surface area contributed by atoms with Gasteiger partial charge in [0.1, 0.15) is 5.76 Å². The molecule has 0 saturated carbocycles. The Morgan fingerprint density at radius 2 is 2.43 bits per heavy atom. The summed E-state index contributed by atoms with van der Waals surface area (Å²) >= 11 is 0. The van der Waals surface area contributed by atoms with Gasteiger partial charge in [-0.05, 0) is 0 Å². The van der Waals surface area contributed by atoms with E-state index >= 15 is 0 Å². The van der Waals surface area contributed by atoms with Crippen LogP contribution in [0.2, 0.25) is 0 Å². The van der Waals surface area contributed by atoms with Crippen molar-refractivity contribution in [1.82, 2.24) is 0 Å². The van der Waals surface area contributed by atoms with Crippen LogP contribution in [-0.2, 0) is 9.53 Å². The van der Waals surface area contributed by atoms with Crippen molar-refractivity contribution >= 4 is 5.97 Å². The largest absolute Gasteiger partial charge is 0.478 e. The Labute approximate surface area is 40.2 Å². The Morgan fingerprint density at radius 1 is 2.00 bits per heavy atom. The Balaban J connectivity index is 2.48. The molecule has 0 amide bonds. The number of aliphatic carboxylic acids is 1. The summed E-state index contributed by atoms with van der Waals surface area (Å²) in [5.41, 5.74) is 0. The molecule has 3 heteroatoms. The van der Waals surface area contributed by atoms with E-state index < -0.39 is 12.1 Å². The molecule has 1 aliphatic heterocycles. The second-order valence-corrected chi connectivity index (χ2v) is 1.30. The van der Waals surface area contributed by atoms with E-state index in [0.29, 0.717) is 5.76 Å². The summed E-state index contributed by atoms with van der Waals surface area (Å²) in [6, 6.07) is 0. The van der Waals surface area contributed by atoms with Gasteiger partial charge in [0.15, 0.2) is 0 Å². The fourth-order valence-corrected chi connectivity index (χ4v) is 0.305. The van der Waals surface area contributed by atoms with Crippen LogP contribution in [0.3, 0.4) is 0 Å². The van der Waals surface area contributed by atoms with Gasteiger partial charge in [0.05, 0.1) is 0 Å². The number of hydrogen-bond donors (Lipinski definition) is 1. The molecular weight excluding hydrogens is 96.0 g/mol. The van der Waals surface area contributed by atoms with Gasteiger partial charge in [-0.2, -0.15) is 0 Å². The monoisotopic (exact) mass is 100 g/mol. The standard InChI is InChI=1S/C4H4O3/c1-2-3(7-2)4(5)6/h3H,1H2,(H,5,6). The lowest BCUT2D eigenvalue weighted by Gasteiger charge is -1.71. The highest BCUT2D eigenvalue weighted by Crippen LogP contribution is 2.23. The van der Waals surface area contributed by atoms with Gasteiger partial charge in [-0.3, -0.25) is 0 Å². The van der Waals surface area contributed by atoms with Gasteiger partial charge in [-0.25, -0.2) is 4.79 Å². The minimum absolute atomic E-state index is 0.354. The number of ether oxygens (including phenoxy) is 1. The highest BCUT2D eigenvalue weighted by molar-refractivity contribution is 5.79. The second kappa shape index (κ2) is 0.992. The maximum atomic E-state index is 9.79. The number of carboxylic acid groups (broad SMARTS) is 1. The van der Waals surface area contributed by atoms with Crippen molar-refractivity contribution in [2.75, 3.05) is 0 Å². The molecule has 0 spiro atoms. The average Bonchev–Trinajstić information content (AvgIpc) is 2.17. The van der Waals surface area contributed by atoms with E-state index in [1.807, 2.05) is 0 Å². The van der Waals surface area contributed by atoms with E-state index in [1.54, 1.807) is 0 Å². The Hall–Kier alpha value is -0.990. The molecule has 38 valence electrons. The number of carboxylic acids is 1. The predicted molar refractivity (Wildman–Crippen MR) is 21.6 cm³/mol. The van der Waals surface area contributed by atoms with E-state index in [4.69, 9.17) is 5.11 Å². The SMILES string of the molecule is C=C1OC1C(=O)O. The Bertz CT molecular complexity index is 127. The lowest BCUT2D eigenvalue weighted by molar-refractivity contribution is -0.138. The van der Waals surface area contributed by atoms with Crippen LogP contribution in [0, 0.1) is 0 Å². The molecular formula is C4H4O3. The molecule has 0 aromatic rings. The van der Waals surface area contributed by atoms with Gasteiger partial charge in [-0.15, -0.1) is 0 Å². The first-order chi connectivity index (χ1) is 3.22. The van der Waals surface area contributed by atoms with Crippen molar-refractivity contribution in [3.63, 3.8) is 0 Å². The van der Waals surface area contributed by atoms with Crippen LogP contribution < -0.4 is 0 Å². The van der Waals surface area contributed by atoms with Crippen LogP contribution in [-0.4, -0.2) is 17.2 Å². The van der Waals surface area contributed by atoms with E-state index in [-0.39, 0.29) is 0 Å². The van der Waals surface area contributed by atoms with Gasteiger partial charge in [0, 0.05) is 0 Å². The lowest BCUT2D eigenvalue weighted by atomic mass is 10.4. The summed E-state index contributed by atoms with van der Waals surface area (Å²) in [6.45, 7) is 3.27. The van der Waals surface area contributed by atoms with E-state index in [9.17, 15) is 4.79 Å². The molecule has 3 nitrogen and oxygen atoms in total. The minimum Gasteiger partial charge on any atom is -0.478 e. The Kier molecular flexibility index (Phi) is 0.592. The number of epoxide rings is 1. The van der Waals surface area contributed by atoms with E-state index in [2.05, 4.69) is 11.3 Å². The van der Waals surface area contributed by atoms with Crippen LogP contribution in [0.15, 0.2) is 12.3 Å². The molecule has 0 aromatic carbocycles. The van der Waals surface area contributed by atoms with Crippen molar-refractivity contribution in [3.05, 3.63) is 12.3 Å². The second-order valence-electron chi connectivity index (χ2n) is 1.30. The summed E-state index contributed by atoms with van der Waals surface area (Å²) in [7, 11) is 0. The fraction of sp³-hybridized carbons (Fsp3) is 0.250. The van der Waals surface area contributed by atoms with Crippen molar-refractivity contribution in [2.24, 2.45) is 0 Å². The third-order valence-electron chi connectivity index (χ3n) is 0.729. The molecule has 1 heterocycles. The highest BCUT2D eigenvalue weighted by Gasteiger charge is 2.37. The molecule has 0 bridgehead atoms. The van der Waals surface area contributed by atoms with Crippen LogP contribution >= 0.6 is 0 Å². The van der Waals surface area contributed by atoms with Gasteiger partial charge < -0.3 is 9.84 Å². The molecule has 1 aliphatic rings. The maximum absolute atomic E-state index is 9.79. The lowest BCUT2D eigenvalue weighted by Crippen LogP contribution is -2.01. The van der Waals surface area contributed by atoms with Crippen LogP contribution in [0.5, 0.6) is 0 Å².